The fraction of sp³-hybridized carbons (Fsp3) is 0.176. The molecule has 0 atom stereocenters. The van der Waals surface area contributed by atoms with Crippen molar-refractivity contribution in [2.45, 2.75) is 57.8 Å². The molecule has 0 fully saturated rings. The lowest BCUT2D eigenvalue weighted by Gasteiger charge is -2.30. The molecule has 0 amide bonds. The summed E-state index contributed by atoms with van der Waals surface area (Å²) in [5.41, 5.74) is 22.3. The van der Waals surface area contributed by atoms with Gasteiger partial charge in [0.05, 0.1) is 5.69 Å². The fourth-order valence-electron chi connectivity index (χ4n) is 9.94. The van der Waals surface area contributed by atoms with E-state index >= 15 is 0 Å². The lowest BCUT2D eigenvalue weighted by atomic mass is 9.77. The highest BCUT2D eigenvalue weighted by molar-refractivity contribution is 6.00. The van der Waals surface area contributed by atoms with Crippen LogP contribution in [0.2, 0.25) is 0 Å². The topological polar surface area (TPSA) is 3.24 Å². The number of hydrogen-bond acceptors (Lipinski definition) is 1. The molecule has 0 N–H and O–H groups in total. The second-order valence-corrected chi connectivity index (χ2v) is 16.6. The van der Waals surface area contributed by atoms with Crippen LogP contribution in [0.4, 0.5) is 17.1 Å². The van der Waals surface area contributed by atoms with Crippen molar-refractivity contribution in [3.63, 3.8) is 0 Å². The lowest BCUT2D eigenvalue weighted by molar-refractivity contribution is 0.639. The van der Waals surface area contributed by atoms with Crippen LogP contribution in [-0.4, -0.2) is 0 Å². The minimum Gasteiger partial charge on any atom is -0.310 e. The number of hydrogen-bond donors (Lipinski definition) is 0. The van der Waals surface area contributed by atoms with Crippen molar-refractivity contribution in [2.24, 2.45) is 0 Å². The van der Waals surface area contributed by atoms with E-state index in [-0.39, 0.29) is 16.2 Å². The third kappa shape index (κ3) is 4.11. The van der Waals surface area contributed by atoms with E-state index in [0.29, 0.717) is 0 Å². The third-order valence-electron chi connectivity index (χ3n) is 12.7. The molecule has 0 aromatic heterocycles. The molecular formula is C51H43N. The molecule has 52 heavy (non-hydrogen) atoms. The molecule has 0 bridgehead atoms. The van der Waals surface area contributed by atoms with Gasteiger partial charge in [-0.2, -0.15) is 0 Å². The van der Waals surface area contributed by atoms with Crippen LogP contribution >= 0.6 is 0 Å². The predicted molar refractivity (Wildman–Crippen MR) is 219 cm³/mol. The smallest absolute Gasteiger partial charge is 0.0540 e. The van der Waals surface area contributed by atoms with Crippen LogP contribution in [0.5, 0.6) is 0 Å². The molecule has 0 radical (unpaired) electrons. The maximum Gasteiger partial charge on any atom is 0.0540 e. The van der Waals surface area contributed by atoms with Gasteiger partial charge in [-0.25, -0.2) is 0 Å². The number of benzene rings is 7. The molecule has 0 saturated carbocycles. The molecule has 3 aliphatic rings. The van der Waals surface area contributed by atoms with Crippen LogP contribution in [-0.2, 0) is 16.2 Å². The summed E-state index contributed by atoms with van der Waals surface area (Å²) in [7, 11) is 0. The van der Waals surface area contributed by atoms with Crippen molar-refractivity contribution in [3.05, 3.63) is 185 Å². The second-order valence-electron chi connectivity index (χ2n) is 16.6. The first-order valence-electron chi connectivity index (χ1n) is 18.7. The lowest BCUT2D eigenvalue weighted by Crippen LogP contribution is -2.18. The molecule has 3 aliphatic carbocycles. The molecule has 0 heterocycles. The maximum atomic E-state index is 2.54. The van der Waals surface area contributed by atoms with Gasteiger partial charge in [0.1, 0.15) is 0 Å². The van der Waals surface area contributed by atoms with Crippen LogP contribution < -0.4 is 4.90 Å². The molecule has 0 aliphatic heterocycles. The first-order valence-corrected chi connectivity index (χ1v) is 18.7. The third-order valence-corrected chi connectivity index (χ3v) is 12.7. The van der Waals surface area contributed by atoms with E-state index in [1.54, 1.807) is 0 Å². The number of fused-ring (bicyclic) bond motifs is 9. The largest absolute Gasteiger partial charge is 0.310 e. The Labute approximate surface area is 308 Å². The van der Waals surface area contributed by atoms with Crippen LogP contribution in [0, 0.1) is 0 Å². The Bertz CT molecular complexity index is 2600. The highest BCUT2D eigenvalue weighted by atomic mass is 15.1. The van der Waals surface area contributed by atoms with Gasteiger partial charge in [0.2, 0.25) is 0 Å². The fourth-order valence-corrected chi connectivity index (χ4v) is 9.94. The predicted octanol–water partition coefficient (Wildman–Crippen LogP) is 13.7. The number of para-hydroxylation sites is 2. The average molecular weight is 670 g/mol. The molecule has 0 unspecified atom stereocenters. The number of nitrogens with zero attached hydrogens (tertiary/aromatic N) is 1. The van der Waals surface area contributed by atoms with E-state index in [4.69, 9.17) is 0 Å². The highest BCUT2D eigenvalue weighted by Crippen LogP contribution is 2.59. The van der Waals surface area contributed by atoms with Crippen molar-refractivity contribution in [2.75, 3.05) is 4.90 Å². The van der Waals surface area contributed by atoms with Crippen LogP contribution in [0.25, 0.3) is 44.5 Å². The minimum absolute atomic E-state index is 0.0385. The van der Waals surface area contributed by atoms with Gasteiger partial charge in [-0.1, -0.05) is 157 Å². The van der Waals surface area contributed by atoms with Crippen molar-refractivity contribution < 1.29 is 0 Å². The first-order chi connectivity index (χ1) is 25.1. The van der Waals surface area contributed by atoms with Crippen molar-refractivity contribution in [1.82, 2.24) is 0 Å². The normalized spacial score (nSPS) is 16.0. The minimum atomic E-state index is -0.130. The molecule has 10 rings (SSSR count). The Morgan fingerprint density at radius 1 is 0.308 bits per heavy atom. The zero-order valence-electron chi connectivity index (χ0n) is 30.9. The van der Waals surface area contributed by atoms with Gasteiger partial charge >= 0.3 is 0 Å². The molecule has 7 aromatic carbocycles. The first kappa shape index (κ1) is 31.1. The Balaban J connectivity index is 1.19. The molecular weight excluding hydrogens is 627 g/mol. The maximum absolute atomic E-state index is 2.54. The zero-order chi connectivity index (χ0) is 35.6. The van der Waals surface area contributed by atoms with E-state index in [0.717, 1.165) is 5.69 Å². The Hall–Kier alpha value is -5.66. The van der Waals surface area contributed by atoms with Gasteiger partial charge in [-0.15, -0.1) is 0 Å². The average Bonchev–Trinajstić information content (AvgIpc) is 3.64. The summed E-state index contributed by atoms with van der Waals surface area (Å²) >= 11 is 0. The van der Waals surface area contributed by atoms with E-state index in [2.05, 4.69) is 198 Å². The van der Waals surface area contributed by atoms with E-state index in [9.17, 15) is 0 Å². The van der Waals surface area contributed by atoms with Gasteiger partial charge in [0.15, 0.2) is 0 Å². The van der Waals surface area contributed by atoms with Crippen molar-refractivity contribution in [3.8, 4) is 44.5 Å². The quantitative estimate of drug-likeness (QED) is 0.180. The summed E-state index contributed by atoms with van der Waals surface area (Å²) < 4.78 is 0. The summed E-state index contributed by atoms with van der Waals surface area (Å²) in [5, 5.41) is 0. The number of anilines is 3. The summed E-state index contributed by atoms with van der Waals surface area (Å²) in [5.74, 6) is 0. The standard InChI is InChI=1S/C51H43N/c1-49(2)41-23-13-10-19-34(41)36-28-27-33(29-44(36)49)52(32-17-8-7-9-18-32)47-26-15-12-21-37(47)38-22-16-25-43-48(38)40-30-39-35-20-11-14-24-42(35)50(3,4)45(39)31-46(40)51(43,5)6/h7-31H,1-6H3. The summed E-state index contributed by atoms with van der Waals surface area (Å²) in [6.45, 7) is 14.3. The summed E-state index contributed by atoms with van der Waals surface area (Å²) in [6.07, 6.45) is 0. The number of rotatable bonds is 4. The van der Waals surface area contributed by atoms with Gasteiger partial charge < -0.3 is 4.90 Å². The van der Waals surface area contributed by atoms with Gasteiger partial charge in [0.25, 0.3) is 0 Å². The molecule has 0 spiro atoms. The molecule has 1 nitrogen and oxygen atoms in total. The monoisotopic (exact) mass is 669 g/mol. The van der Waals surface area contributed by atoms with Crippen LogP contribution in [0.15, 0.2) is 152 Å². The molecule has 252 valence electrons. The van der Waals surface area contributed by atoms with Crippen LogP contribution in [0.3, 0.4) is 0 Å². The molecule has 0 saturated heterocycles. The zero-order valence-corrected chi connectivity index (χ0v) is 30.9. The van der Waals surface area contributed by atoms with Crippen molar-refractivity contribution in [1.29, 1.82) is 0 Å². The Morgan fingerprint density at radius 2 is 0.808 bits per heavy atom. The Kier molecular flexibility index (Phi) is 6.39. The van der Waals surface area contributed by atoms with E-state index in [1.165, 1.54) is 89.3 Å². The highest BCUT2D eigenvalue weighted by Gasteiger charge is 2.43. The van der Waals surface area contributed by atoms with E-state index < -0.39 is 0 Å². The van der Waals surface area contributed by atoms with Gasteiger partial charge in [-0.3, -0.25) is 0 Å². The second kappa shape index (κ2) is 10.7. The Morgan fingerprint density at radius 3 is 1.52 bits per heavy atom. The molecule has 1 heteroatoms. The van der Waals surface area contributed by atoms with Gasteiger partial charge in [0, 0.05) is 33.2 Å². The summed E-state index contributed by atoms with van der Waals surface area (Å²) in [6, 6.07) is 57.0. The van der Waals surface area contributed by atoms with Crippen LogP contribution in [0.1, 0.15) is 74.9 Å². The molecule has 7 aromatic rings. The summed E-state index contributed by atoms with van der Waals surface area (Å²) in [4.78, 5) is 2.47. The van der Waals surface area contributed by atoms with E-state index in [1.807, 2.05) is 0 Å². The van der Waals surface area contributed by atoms with Crippen molar-refractivity contribution >= 4 is 17.1 Å². The van der Waals surface area contributed by atoms with Gasteiger partial charge in [-0.05, 0) is 109 Å². The SMILES string of the molecule is CC1(C)c2ccccc2-c2ccc(N(c3ccccc3)c3ccccc3-c3cccc4c3-c3cc5c(cc3C4(C)C)C(C)(C)c3ccccc3-5)cc21.